The van der Waals surface area contributed by atoms with E-state index in [0.29, 0.717) is 23.5 Å². The molecule has 0 saturated heterocycles. The van der Waals surface area contributed by atoms with E-state index in [1.165, 1.54) is 6.42 Å². The molecule has 0 bridgehead atoms. The van der Waals surface area contributed by atoms with Crippen LogP contribution < -0.4 is 10.5 Å². The van der Waals surface area contributed by atoms with Crippen LogP contribution in [-0.4, -0.2) is 24.6 Å². The third kappa shape index (κ3) is 4.73. The van der Waals surface area contributed by atoms with Crippen LogP contribution >= 0.6 is 0 Å². The summed E-state index contributed by atoms with van der Waals surface area (Å²) in [7, 11) is 0. The summed E-state index contributed by atoms with van der Waals surface area (Å²) in [4.78, 5) is 23.5. The Kier molecular flexibility index (Phi) is 6.23. The molecule has 132 valence electrons. The summed E-state index contributed by atoms with van der Waals surface area (Å²) in [6.45, 7) is 6.30. The van der Waals surface area contributed by atoms with E-state index in [1.54, 1.807) is 24.3 Å². The number of benzene rings is 1. The van der Waals surface area contributed by atoms with Gasteiger partial charge in [-0.15, -0.1) is 0 Å². The highest BCUT2D eigenvalue weighted by molar-refractivity contribution is 5.95. The van der Waals surface area contributed by atoms with Gasteiger partial charge in [0.2, 0.25) is 0 Å². The first-order valence-electron chi connectivity index (χ1n) is 8.59. The molecule has 1 fully saturated rings. The summed E-state index contributed by atoms with van der Waals surface area (Å²) >= 11 is 0. The van der Waals surface area contributed by atoms with Crippen molar-refractivity contribution in [1.29, 1.82) is 0 Å². The second kappa shape index (κ2) is 8.18. The molecule has 1 saturated carbocycles. The van der Waals surface area contributed by atoms with Crippen molar-refractivity contribution >= 4 is 11.9 Å². The predicted octanol–water partition coefficient (Wildman–Crippen LogP) is 3.17. The van der Waals surface area contributed by atoms with Crippen molar-refractivity contribution in [2.45, 2.75) is 46.1 Å². The van der Waals surface area contributed by atoms with Crippen molar-refractivity contribution in [3.05, 3.63) is 29.8 Å². The highest BCUT2D eigenvalue weighted by Crippen LogP contribution is 2.35. The van der Waals surface area contributed by atoms with Crippen LogP contribution in [0.25, 0.3) is 0 Å². The monoisotopic (exact) mass is 333 g/mol. The Morgan fingerprint density at radius 2 is 1.96 bits per heavy atom. The van der Waals surface area contributed by atoms with Gasteiger partial charge < -0.3 is 15.2 Å². The van der Waals surface area contributed by atoms with Crippen molar-refractivity contribution in [1.82, 2.24) is 0 Å². The molecule has 0 heterocycles. The molecule has 24 heavy (non-hydrogen) atoms. The molecule has 2 N–H and O–H groups in total. The first-order chi connectivity index (χ1) is 11.4. The Morgan fingerprint density at radius 3 is 2.62 bits per heavy atom. The number of carbonyl (C=O) groups is 2. The van der Waals surface area contributed by atoms with Crippen molar-refractivity contribution < 1.29 is 19.1 Å². The quantitative estimate of drug-likeness (QED) is 0.811. The number of primary amides is 1. The summed E-state index contributed by atoms with van der Waals surface area (Å²) in [5.41, 5.74) is 5.56. The Bertz CT molecular complexity index is 584. The number of para-hydroxylation sites is 1. The van der Waals surface area contributed by atoms with E-state index in [2.05, 4.69) is 20.8 Å². The minimum Gasteiger partial charge on any atom is -0.481 e. The fraction of sp³-hybridized carbons (Fsp3) is 0.579. The van der Waals surface area contributed by atoms with Gasteiger partial charge in [0.25, 0.3) is 5.91 Å². The molecule has 5 nitrogen and oxygen atoms in total. The molecule has 3 unspecified atom stereocenters. The van der Waals surface area contributed by atoms with Crippen LogP contribution in [0.1, 0.15) is 50.4 Å². The molecule has 1 aromatic rings. The summed E-state index contributed by atoms with van der Waals surface area (Å²) in [5, 5.41) is 0. The largest absolute Gasteiger partial charge is 0.481 e. The third-order valence-electron chi connectivity index (χ3n) is 4.74. The number of rotatable bonds is 6. The highest BCUT2D eigenvalue weighted by Gasteiger charge is 2.33. The summed E-state index contributed by atoms with van der Waals surface area (Å²) in [5.74, 6) is 0.752. The molecule has 1 amide bonds. The second-order valence-corrected chi connectivity index (χ2v) is 7.00. The van der Waals surface area contributed by atoms with Crippen LogP contribution in [0.15, 0.2) is 24.3 Å². The van der Waals surface area contributed by atoms with Gasteiger partial charge in [-0.1, -0.05) is 39.3 Å². The van der Waals surface area contributed by atoms with E-state index in [4.69, 9.17) is 15.2 Å². The lowest BCUT2D eigenvalue weighted by Gasteiger charge is -2.36. The maximum atomic E-state index is 12.2. The normalized spacial score (nSPS) is 23.8. The van der Waals surface area contributed by atoms with Crippen molar-refractivity contribution in [3.63, 3.8) is 0 Å². The van der Waals surface area contributed by atoms with Gasteiger partial charge in [0.15, 0.2) is 6.61 Å². The fourth-order valence-corrected chi connectivity index (χ4v) is 3.39. The molecule has 0 radical (unpaired) electrons. The van der Waals surface area contributed by atoms with Crippen LogP contribution in [0.4, 0.5) is 0 Å². The lowest BCUT2D eigenvalue weighted by atomic mass is 9.75. The molecule has 2 rings (SSSR count). The van der Waals surface area contributed by atoms with Crippen LogP contribution in [0, 0.1) is 17.8 Å². The van der Waals surface area contributed by atoms with Crippen LogP contribution in [0.5, 0.6) is 5.75 Å². The van der Waals surface area contributed by atoms with Gasteiger partial charge in [0.1, 0.15) is 11.9 Å². The maximum absolute atomic E-state index is 12.2. The zero-order valence-electron chi connectivity index (χ0n) is 14.7. The third-order valence-corrected chi connectivity index (χ3v) is 4.74. The SMILES string of the molecule is CC1CCC(C(C)C)C(OC(=O)COc2ccccc2C(N)=O)C1. The number of esters is 1. The zero-order chi connectivity index (χ0) is 17.7. The van der Waals surface area contributed by atoms with E-state index in [1.807, 2.05) is 0 Å². The number of nitrogens with two attached hydrogens (primary N) is 1. The Hall–Kier alpha value is -2.04. The molecule has 0 aliphatic heterocycles. The van der Waals surface area contributed by atoms with E-state index < -0.39 is 11.9 Å². The van der Waals surface area contributed by atoms with Gasteiger partial charge >= 0.3 is 5.97 Å². The highest BCUT2D eigenvalue weighted by atomic mass is 16.6. The van der Waals surface area contributed by atoms with Crippen LogP contribution in [-0.2, 0) is 9.53 Å². The molecular formula is C19H27NO4. The lowest BCUT2D eigenvalue weighted by Crippen LogP contribution is -2.37. The molecular weight excluding hydrogens is 306 g/mol. The van der Waals surface area contributed by atoms with E-state index in [0.717, 1.165) is 12.8 Å². The second-order valence-electron chi connectivity index (χ2n) is 7.00. The molecule has 1 aliphatic rings. The number of amides is 1. The maximum Gasteiger partial charge on any atom is 0.344 e. The molecule has 1 aromatic carbocycles. The molecule has 3 atom stereocenters. The van der Waals surface area contributed by atoms with E-state index in [-0.39, 0.29) is 18.3 Å². The van der Waals surface area contributed by atoms with Crippen molar-refractivity contribution in [3.8, 4) is 5.75 Å². The Labute approximate surface area is 143 Å². The summed E-state index contributed by atoms with van der Waals surface area (Å²) in [6.07, 6.45) is 3.10. The average Bonchev–Trinajstić information content (AvgIpc) is 2.53. The smallest absolute Gasteiger partial charge is 0.344 e. The fourth-order valence-electron chi connectivity index (χ4n) is 3.39. The minimum absolute atomic E-state index is 0.0590. The van der Waals surface area contributed by atoms with Gasteiger partial charge in [-0.05, 0) is 42.7 Å². The van der Waals surface area contributed by atoms with Crippen LogP contribution in [0.2, 0.25) is 0 Å². The van der Waals surface area contributed by atoms with Crippen molar-refractivity contribution in [2.24, 2.45) is 23.5 Å². The van der Waals surface area contributed by atoms with Crippen LogP contribution in [0.3, 0.4) is 0 Å². The molecule has 1 aliphatic carbocycles. The van der Waals surface area contributed by atoms with E-state index >= 15 is 0 Å². The average molecular weight is 333 g/mol. The molecule has 0 spiro atoms. The van der Waals surface area contributed by atoms with Gasteiger partial charge in [0, 0.05) is 0 Å². The van der Waals surface area contributed by atoms with Gasteiger partial charge in [0.05, 0.1) is 5.56 Å². The number of carbonyl (C=O) groups excluding carboxylic acids is 2. The first-order valence-corrected chi connectivity index (χ1v) is 8.59. The lowest BCUT2D eigenvalue weighted by molar-refractivity contribution is -0.158. The van der Waals surface area contributed by atoms with Gasteiger partial charge in [-0.3, -0.25) is 4.79 Å². The number of ether oxygens (including phenoxy) is 2. The molecule has 5 heteroatoms. The number of hydrogen-bond acceptors (Lipinski definition) is 4. The molecule has 0 aromatic heterocycles. The van der Waals surface area contributed by atoms with Gasteiger partial charge in [-0.25, -0.2) is 4.79 Å². The van der Waals surface area contributed by atoms with Gasteiger partial charge in [-0.2, -0.15) is 0 Å². The standard InChI is InChI=1S/C19H27NO4/c1-12(2)14-9-8-13(3)10-17(14)24-18(21)11-23-16-7-5-4-6-15(16)19(20)22/h4-7,12-14,17H,8-11H2,1-3H3,(H2,20,22). The summed E-state index contributed by atoms with van der Waals surface area (Å²) < 4.78 is 11.1. The predicted molar refractivity (Wildman–Crippen MR) is 91.7 cm³/mol. The van der Waals surface area contributed by atoms with E-state index in [9.17, 15) is 9.59 Å². The Balaban J connectivity index is 1.94. The van der Waals surface area contributed by atoms with Crippen molar-refractivity contribution in [2.75, 3.05) is 6.61 Å². The summed E-state index contributed by atoms with van der Waals surface area (Å²) in [6, 6.07) is 6.61. The number of hydrogen-bond donors (Lipinski definition) is 1. The topological polar surface area (TPSA) is 78.6 Å². The minimum atomic E-state index is -0.583. The first kappa shape index (κ1) is 18.3. The zero-order valence-corrected chi connectivity index (χ0v) is 14.7. The Morgan fingerprint density at radius 1 is 1.25 bits per heavy atom.